The van der Waals surface area contributed by atoms with Crippen molar-refractivity contribution in [1.82, 2.24) is 10.3 Å². The number of hydrogen-bond acceptors (Lipinski definition) is 5. The van der Waals surface area contributed by atoms with Gasteiger partial charge in [0.05, 0.1) is 13.7 Å². The van der Waals surface area contributed by atoms with Gasteiger partial charge in [-0.1, -0.05) is 12.1 Å². The van der Waals surface area contributed by atoms with E-state index >= 15 is 0 Å². The maximum atomic E-state index is 12.0. The molecule has 1 aliphatic heterocycles. The summed E-state index contributed by atoms with van der Waals surface area (Å²) < 4.78 is 10.7. The fraction of sp³-hybridized carbons (Fsp3) is 0.444. The fourth-order valence-corrected chi connectivity index (χ4v) is 3.62. The molecule has 0 saturated carbocycles. The summed E-state index contributed by atoms with van der Waals surface area (Å²) in [7, 11) is 1.65. The summed E-state index contributed by atoms with van der Waals surface area (Å²) in [5.41, 5.74) is 1.02. The largest absolute Gasteiger partial charge is 0.497 e. The molecule has 1 fully saturated rings. The predicted octanol–water partition coefficient (Wildman–Crippen LogP) is 3.25. The van der Waals surface area contributed by atoms with Crippen molar-refractivity contribution in [3.05, 3.63) is 35.3 Å². The van der Waals surface area contributed by atoms with Crippen molar-refractivity contribution in [1.29, 1.82) is 0 Å². The van der Waals surface area contributed by atoms with Crippen molar-refractivity contribution in [2.45, 2.75) is 25.8 Å². The lowest BCUT2D eigenvalue weighted by atomic mass is 9.98. The van der Waals surface area contributed by atoms with E-state index in [2.05, 4.69) is 10.3 Å². The number of nitrogens with one attached hydrogen (secondary N) is 1. The van der Waals surface area contributed by atoms with Gasteiger partial charge in [-0.2, -0.15) is 0 Å². The van der Waals surface area contributed by atoms with Crippen LogP contribution in [0.2, 0.25) is 0 Å². The van der Waals surface area contributed by atoms with Gasteiger partial charge in [-0.25, -0.2) is 4.98 Å². The van der Waals surface area contributed by atoms with Crippen LogP contribution >= 0.6 is 11.3 Å². The summed E-state index contributed by atoms with van der Waals surface area (Å²) >= 11 is 1.59. The van der Waals surface area contributed by atoms with Gasteiger partial charge in [-0.3, -0.25) is 4.79 Å². The molecule has 1 N–H and O–H groups in total. The SMILES string of the molecule is COc1cccc(-c2ncc(CNC(=O)C[C@@H]3CCCOC3)s2)c1. The van der Waals surface area contributed by atoms with Crippen LogP contribution in [-0.4, -0.2) is 31.2 Å². The van der Waals surface area contributed by atoms with Crippen molar-refractivity contribution in [3.63, 3.8) is 0 Å². The molecule has 1 aromatic carbocycles. The van der Waals surface area contributed by atoms with Gasteiger partial charge in [0.25, 0.3) is 0 Å². The minimum atomic E-state index is 0.0850. The molecule has 0 radical (unpaired) electrons. The Morgan fingerprint density at radius 1 is 1.50 bits per heavy atom. The monoisotopic (exact) mass is 346 g/mol. The van der Waals surface area contributed by atoms with E-state index in [1.807, 2.05) is 30.5 Å². The molecule has 1 atom stereocenters. The van der Waals surface area contributed by atoms with Gasteiger partial charge in [-0.15, -0.1) is 11.3 Å². The van der Waals surface area contributed by atoms with E-state index < -0.39 is 0 Å². The highest BCUT2D eigenvalue weighted by molar-refractivity contribution is 7.15. The number of amides is 1. The Hall–Kier alpha value is -1.92. The molecule has 1 amide bonds. The Morgan fingerprint density at radius 3 is 3.21 bits per heavy atom. The zero-order valence-electron chi connectivity index (χ0n) is 13.8. The van der Waals surface area contributed by atoms with E-state index in [0.29, 0.717) is 25.5 Å². The zero-order chi connectivity index (χ0) is 16.8. The Morgan fingerprint density at radius 2 is 2.42 bits per heavy atom. The van der Waals surface area contributed by atoms with Crippen LogP contribution in [0.3, 0.4) is 0 Å². The van der Waals surface area contributed by atoms with E-state index in [9.17, 15) is 4.79 Å². The highest BCUT2D eigenvalue weighted by Gasteiger charge is 2.17. The highest BCUT2D eigenvalue weighted by Crippen LogP contribution is 2.27. The number of thiazole rings is 1. The highest BCUT2D eigenvalue weighted by atomic mass is 32.1. The number of methoxy groups -OCH3 is 1. The van der Waals surface area contributed by atoms with Crippen molar-refractivity contribution in [2.24, 2.45) is 5.92 Å². The second-order valence-corrected chi connectivity index (χ2v) is 7.04. The molecule has 1 aromatic heterocycles. The Balaban J connectivity index is 1.53. The third-order valence-electron chi connectivity index (χ3n) is 4.06. The lowest BCUT2D eigenvalue weighted by molar-refractivity contribution is -0.123. The number of benzene rings is 1. The maximum Gasteiger partial charge on any atom is 0.220 e. The summed E-state index contributed by atoms with van der Waals surface area (Å²) in [5, 5.41) is 3.91. The van der Waals surface area contributed by atoms with Crippen LogP contribution in [-0.2, 0) is 16.1 Å². The van der Waals surface area contributed by atoms with Crippen molar-refractivity contribution in [3.8, 4) is 16.3 Å². The van der Waals surface area contributed by atoms with Crippen LogP contribution in [0, 0.1) is 5.92 Å². The molecule has 0 bridgehead atoms. The number of carbonyl (C=O) groups excluding carboxylic acids is 1. The minimum Gasteiger partial charge on any atom is -0.497 e. The van der Waals surface area contributed by atoms with E-state index in [-0.39, 0.29) is 5.91 Å². The molecule has 2 aromatic rings. The number of carbonyl (C=O) groups is 1. The third kappa shape index (κ3) is 4.55. The van der Waals surface area contributed by atoms with Crippen LogP contribution in [0.25, 0.3) is 10.6 Å². The first-order chi connectivity index (χ1) is 11.7. The summed E-state index contributed by atoms with van der Waals surface area (Å²) in [6.07, 6.45) is 4.50. The molecule has 0 spiro atoms. The summed E-state index contributed by atoms with van der Waals surface area (Å²) in [5.74, 6) is 1.25. The van der Waals surface area contributed by atoms with Gasteiger partial charge in [0.15, 0.2) is 0 Å². The summed E-state index contributed by atoms with van der Waals surface area (Å²) in [4.78, 5) is 17.5. The Kier molecular flexibility index (Phi) is 5.82. The first kappa shape index (κ1) is 16.9. The fourth-order valence-electron chi connectivity index (χ4n) is 2.77. The van der Waals surface area contributed by atoms with Gasteiger partial charge in [-0.05, 0) is 30.9 Å². The quantitative estimate of drug-likeness (QED) is 0.872. The second-order valence-electron chi connectivity index (χ2n) is 5.93. The predicted molar refractivity (Wildman–Crippen MR) is 94.1 cm³/mol. The number of nitrogens with zero attached hydrogens (tertiary/aromatic N) is 1. The number of ether oxygens (including phenoxy) is 2. The lowest BCUT2D eigenvalue weighted by Crippen LogP contribution is -2.28. The van der Waals surface area contributed by atoms with Crippen LogP contribution in [0.5, 0.6) is 5.75 Å². The van der Waals surface area contributed by atoms with Gasteiger partial charge >= 0.3 is 0 Å². The Bertz CT molecular complexity index is 680. The molecule has 2 heterocycles. The zero-order valence-corrected chi connectivity index (χ0v) is 14.6. The van der Waals surface area contributed by atoms with E-state index in [0.717, 1.165) is 40.6 Å². The number of rotatable bonds is 6. The third-order valence-corrected chi connectivity index (χ3v) is 5.11. The molecule has 0 unspecified atom stereocenters. The van der Waals surface area contributed by atoms with Gasteiger partial charge < -0.3 is 14.8 Å². The maximum absolute atomic E-state index is 12.0. The normalized spacial score (nSPS) is 17.5. The van der Waals surface area contributed by atoms with Crippen molar-refractivity contribution in [2.75, 3.05) is 20.3 Å². The lowest BCUT2D eigenvalue weighted by Gasteiger charge is -2.21. The van der Waals surface area contributed by atoms with Crippen LogP contribution in [0.15, 0.2) is 30.5 Å². The number of hydrogen-bond donors (Lipinski definition) is 1. The van der Waals surface area contributed by atoms with Crippen molar-refractivity contribution < 1.29 is 14.3 Å². The molecule has 24 heavy (non-hydrogen) atoms. The smallest absolute Gasteiger partial charge is 0.220 e. The van der Waals surface area contributed by atoms with Crippen LogP contribution < -0.4 is 10.1 Å². The van der Waals surface area contributed by atoms with E-state index in [1.165, 1.54) is 0 Å². The standard InChI is InChI=1S/C18H22N2O3S/c1-22-15-6-2-5-14(9-15)18-20-11-16(24-18)10-19-17(21)8-13-4-3-7-23-12-13/h2,5-6,9,11,13H,3-4,7-8,10,12H2,1H3,(H,19,21)/t13-/m0/s1. The second kappa shape index (κ2) is 8.26. The molecule has 0 aliphatic carbocycles. The summed E-state index contributed by atoms with van der Waals surface area (Å²) in [6.45, 7) is 2.05. The molecule has 1 saturated heterocycles. The van der Waals surface area contributed by atoms with Gasteiger partial charge in [0.1, 0.15) is 10.8 Å². The van der Waals surface area contributed by atoms with Crippen LogP contribution in [0.4, 0.5) is 0 Å². The van der Waals surface area contributed by atoms with E-state index in [1.54, 1.807) is 18.4 Å². The summed E-state index contributed by atoms with van der Waals surface area (Å²) in [6, 6.07) is 7.83. The van der Waals surface area contributed by atoms with Crippen LogP contribution in [0.1, 0.15) is 24.1 Å². The first-order valence-electron chi connectivity index (χ1n) is 8.18. The number of aromatic nitrogens is 1. The average molecular weight is 346 g/mol. The Labute approximate surface area is 146 Å². The van der Waals surface area contributed by atoms with Crippen molar-refractivity contribution >= 4 is 17.2 Å². The molecular formula is C18H22N2O3S. The van der Waals surface area contributed by atoms with Gasteiger partial charge in [0, 0.05) is 36.3 Å². The average Bonchev–Trinajstić information content (AvgIpc) is 3.10. The topological polar surface area (TPSA) is 60.5 Å². The molecule has 128 valence electrons. The molecule has 1 aliphatic rings. The van der Waals surface area contributed by atoms with Gasteiger partial charge in [0.2, 0.25) is 5.91 Å². The first-order valence-corrected chi connectivity index (χ1v) is 9.00. The molecule has 6 heteroatoms. The molecule has 3 rings (SSSR count). The minimum absolute atomic E-state index is 0.0850. The van der Waals surface area contributed by atoms with E-state index in [4.69, 9.17) is 9.47 Å². The molecular weight excluding hydrogens is 324 g/mol. The molecule has 5 nitrogen and oxygen atoms in total.